The number of nitrogens with zero attached hydrogens (tertiary/aromatic N) is 2. The van der Waals surface area contributed by atoms with Gasteiger partial charge < -0.3 is 19.1 Å². The molecule has 2 fully saturated rings. The van der Waals surface area contributed by atoms with Crippen molar-refractivity contribution in [3.8, 4) is 0 Å². The fourth-order valence-electron chi connectivity index (χ4n) is 3.30. The summed E-state index contributed by atoms with van der Waals surface area (Å²) in [4.78, 5) is 4.40. The van der Waals surface area contributed by atoms with Gasteiger partial charge in [-0.2, -0.15) is 0 Å². The van der Waals surface area contributed by atoms with Crippen molar-refractivity contribution in [2.24, 2.45) is 0 Å². The van der Waals surface area contributed by atoms with E-state index in [2.05, 4.69) is 16.5 Å². The molecule has 2 heterocycles. The topological polar surface area (TPSA) is 56.5 Å². The normalized spacial score (nSPS) is 24.3. The van der Waals surface area contributed by atoms with Crippen LogP contribution in [0.15, 0.2) is 12.4 Å². The van der Waals surface area contributed by atoms with E-state index in [9.17, 15) is 5.11 Å². The van der Waals surface area contributed by atoms with E-state index in [0.29, 0.717) is 32.5 Å². The molecule has 0 aromatic carbocycles. The quantitative estimate of drug-likeness (QED) is 0.915. The van der Waals surface area contributed by atoms with Gasteiger partial charge in [0.1, 0.15) is 5.82 Å². The maximum absolute atomic E-state index is 10.8. The van der Waals surface area contributed by atoms with Gasteiger partial charge >= 0.3 is 0 Å². The van der Waals surface area contributed by atoms with Gasteiger partial charge in [0, 0.05) is 38.2 Å². The molecule has 1 saturated carbocycles. The van der Waals surface area contributed by atoms with E-state index < -0.39 is 11.4 Å². The van der Waals surface area contributed by atoms with Gasteiger partial charge in [0.25, 0.3) is 0 Å². The number of aliphatic hydroxyl groups is 1. The molecule has 1 spiro atoms. The third kappa shape index (κ3) is 2.75. The van der Waals surface area contributed by atoms with E-state index in [-0.39, 0.29) is 0 Å². The van der Waals surface area contributed by atoms with Crippen molar-refractivity contribution in [1.82, 2.24) is 9.55 Å². The van der Waals surface area contributed by atoms with Crippen LogP contribution in [0.5, 0.6) is 0 Å². The molecule has 112 valence electrons. The first kappa shape index (κ1) is 14.0. The molecule has 2 aliphatic rings. The number of aromatic nitrogens is 2. The van der Waals surface area contributed by atoms with Gasteiger partial charge in [0.2, 0.25) is 0 Å². The van der Waals surface area contributed by atoms with Crippen LogP contribution < -0.4 is 0 Å². The van der Waals surface area contributed by atoms with Crippen LogP contribution in [-0.4, -0.2) is 39.3 Å². The first-order valence-corrected chi connectivity index (χ1v) is 7.65. The molecule has 1 aromatic rings. The van der Waals surface area contributed by atoms with Gasteiger partial charge in [0.15, 0.2) is 5.79 Å². The monoisotopic (exact) mass is 280 g/mol. The lowest BCUT2D eigenvalue weighted by molar-refractivity contribution is -0.202. The highest BCUT2D eigenvalue weighted by molar-refractivity contribution is 5.02. The van der Waals surface area contributed by atoms with Gasteiger partial charge in [0.05, 0.1) is 18.8 Å². The molecule has 0 atom stereocenters. The first-order chi connectivity index (χ1) is 9.65. The van der Waals surface area contributed by atoms with Gasteiger partial charge in [-0.15, -0.1) is 0 Å². The highest BCUT2D eigenvalue weighted by Gasteiger charge is 2.45. The summed E-state index contributed by atoms with van der Waals surface area (Å²) in [5, 5.41) is 10.8. The Morgan fingerprint density at radius 3 is 2.60 bits per heavy atom. The number of ether oxygens (including phenoxy) is 2. The van der Waals surface area contributed by atoms with E-state index in [1.807, 2.05) is 12.4 Å². The molecular formula is C15H24N2O3. The Bertz CT molecular complexity index is 442. The fraction of sp³-hybridized carbons (Fsp3) is 0.800. The molecule has 3 rings (SSSR count). The van der Waals surface area contributed by atoms with Crippen molar-refractivity contribution in [1.29, 1.82) is 0 Å². The lowest BCUT2D eigenvalue weighted by Gasteiger charge is -2.40. The minimum Gasteiger partial charge on any atom is -0.389 e. The second kappa shape index (κ2) is 5.47. The van der Waals surface area contributed by atoms with E-state index in [0.717, 1.165) is 31.6 Å². The molecule has 0 unspecified atom stereocenters. The summed E-state index contributed by atoms with van der Waals surface area (Å²) in [5.74, 6) is 0.573. The van der Waals surface area contributed by atoms with Crippen LogP contribution in [0.2, 0.25) is 0 Å². The maximum atomic E-state index is 10.8. The number of hydrogen-bond donors (Lipinski definition) is 1. The van der Waals surface area contributed by atoms with Crippen molar-refractivity contribution in [2.75, 3.05) is 13.2 Å². The van der Waals surface area contributed by atoms with Crippen molar-refractivity contribution < 1.29 is 14.6 Å². The standard InChI is InChI=1S/C15H24N2O3/c1-2-8-17-9-7-16-13(17)12-14(18)3-5-15(6-4-14)19-10-11-20-15/h7,9,18H,2-6,8,10-12H2,1H3. The smallest absolute Gasteiger partial charge is 0.168 e. The zero-order valence-corrected chi connectivity index (χ0v) is 12.2. The van der Waals surface area contributed by atoms with Crippen LogP contribution in [-0.2, 0) is 22.4 Å². The second-order valence-corrected chi connectivity index (χ2v) is 6.05. The van der Waals surface area contributed by atoms with Crippen LogP contribution in [0.25, 0.3) is 0 Å². The zero-order chi connectivity index (χ0) is 14.1. The molecular weight excluding hydrogens is 256 g/mol. The maximum Gasteiger partial charge on any atom is 0.168 e. The SMILES string of the molecule is CCCn1ccnc1CC1(O)CCC2(CC1)OCCO2. The summed E-state index contributed by atoms with van der Waals surface area (Å²) < 4.78 is 13.6. The predicted molar refractivity (Wildman–Crippen MR) is 74.3 cm³/mol. The Morgan fingerprint density at radius 1 is 1.25 bits per heavy atom. The van der Waals surface area contributed by atoms with E-state index in [4.69, 9.17) is 9.47 Å². The van der Waals surface area contributed by atoms with Crippen LogP contribution in [0, 0.1) is 0 Å². The molecule has 1 N–H and O–H groups in total. The fourth-order valence-corrected chi connectivity index (χ4v) is 3.30. The van der Waals surface area contributed by atoms with Crippen molar-refractivity contribution in [2.45, 2.75) is 63.4 Å². The van der Waals surface area contributed by atoms with Crippen LogP contribution in [0.3, 0.4) is 0 Å². The Kier molecular flexibility index (Phi) is 3.84. The third-order valence-corrected chi connectivity index (χ3v) is 4.51. The van der Waals surface area contributed by atoms with Gasteiger partial charge in [-0.3, -0.25) is 0 Å². The molecule has 0 radical (unpaired) electrons. The lowest BCUT2D eigenvalue weighted by Crippen LogP contribution is -2.45. The highest BCUT2D eigenvalue weighted by Crippen LogP contribution is 2.41. The second-order valence-electron chi connectivity index (χ2n) is 6.05. The van der Waals surface area contributed by atoms with Crippen molar-refractivity contribution >= 4 is 0 Å². The summed E-state index contributed by atoms with van der Waals surface area (Å²) in [7, 11) is 0. The summed E-state index contributed by atoms with van der Waals surface area (Å²) in [6.45, 7) is 4.47. The molecule has 1 aliphatic heterocycles. The number of aryl methyl sites for hydroxylation is 1. The first-order valence-electron chi connectivity index (χ1n) is 7.65. The Balaban J connectivity index is 1.64. The minimum atomic E-state index is -0.669. The minimum absolute atomic E-state index is 0.412. The lowest BCUT2D eigenvalue weighted by atomic mass is 9.79. The molecule has 5 heteroatoms. The number of rotatable bonds is 4. The van der Waals surface area contributed by atoms with Gasteiger partial charge in [-0.25, -0.2) is 4.98 Å². The molecule has 20 heavy (non-hydrogen) atoms. The Labute approximate surface area is 119 Å². The Hall–Kier alpha value is -0.910. The summed E-state index contributed by atoms with van der Waals surface area (Å²) in [6, 6.07) is 0. The highest BCUT2D eigenvalue weighted by atomic mass is 16.7. The van der Waals surface area contributed by atoms with Gasteiger partial charge in [-0.05, 0) is 19.3 Å². The average molecular weight is 280 g/mol. The number of hydrogen-bond acceptors (Lipinski definition) is 4. The van der Waals surface area contributed by atoms with Crippen molar-refractivity contribution in [3.63, 3.8) is 0 Å². The average Bonchev–Trinajstić information content (AvgIpc) is 3.06. The number of imidazole rings is 1. The molecule has 1 aliphatic carbocycles. The van der Waals surface area contributed by atoms with Crippen LogP contribution >= 0.6 is 0 Å². The molecule has 5 nitrogen and oxygen atoms in total. The largest absolute Gasteiger partial charge is 0.389 e. The van der Waals surface area contributed by atoms with Crippen molar-refractivity contribution in [3.05, 3.63) is 18.2 Å². The molecule has 1 saturated heterocycles. The molecule has 0 bridgehead atoms. The molecule has 0 amide bonds. The summed E-state index contributed by atoms with van der Waals surface area (Å²) >= 11 is 0. The van der Waals surface area contributed by atoms with E-state index in [1.165, 1.54) is 0 Å². The Morgan fingerprint density at radius 2 is 1.95 bits per heavy atom. The van der Waals surface area contributed by atoms with Gasteiger partial charge in [-0.1, -0.05) is 6.92 Å². The molecule has 1 aromatic heterocycles. The van der Waals surface area contributed by atoms with E-state index in [1.54, 1.807) is 0 Å². The predicted octanol–water partition coefficient (Wildman–Crippen LogP) is 1.88. The third-order valence-electron chi connectivity index (χ3n) is 4.51. The van der Waals surface area contributed by atoms with Crippen LogP contribution in [0.1, 0.15) is 44.9 Å². The summed E-state index contributed by atoms with van der Waals surface area (Å²) in [6.07, 6.45) is 8.49. The van der Waals surface area contributed by atoms with E-state index >= 15 is 0 Å². The summed E-state index contributed by atoms with van der Waals surface area (Å²) in [5.41, 5.74) is -0.669. The zero-order valence-electron chi connectivity index (χ0n) is 12.2. The van der Waals surface area contributed by atoms with Crippen LogP contribution in [0.4, 0.5) is 0 Å².